The fourth-order valence-corrected chi connectivity index (χ4v) is 15.0. The van der Waals surface area contributed by atoms with Gasteiger partial charge in [-0.1, -0.05) is 206 Å². The molecule has 0 aliphatic rings. The largest absolute Gasteiger partial charge is 0.309 e. The van der Waals surface area contributed by atoms with Crippen LogP contribution in [-0.4, -0.2) is 17.2 Å². The molecule has 2 nitrogen and oxygen atoms in total. The minimum Gasteiger partial charge on any atom is -0.309 e. The van der Waals surface area contributed by atoms with E-state index in [0.717, 1.165) is 11.4 Å². The van der Waals surface area contributed by atoms with E-state index in [-0.39, 0.29) is 0 Å². The number of fused-ring (bicyclic) bond motifs is 6. The van der Waals surface area contributed by atoms with E-state index in [1.807, 2.05) is 0 Å². The first-order valence-electron chi connectivity index (χ1n) is 21.8. The van der Waals surface area contributed by atoms with E-state index in [2.05, 4.69) is 264 Å². The second kappa shape index (κ2) is 15.2. The van der Waals surface area contributed by atoms with Crippen molar-refractivity contribution >= 4 is 72.4 Å². The zero-order valence-electron chi connectivity index (χ0n) is 34.6. The Morgan fingerprint density at radius 2 is 0.635 bits per heavy atom. The van der Waals surface area contributed by atoms with Crippen molar-refractivity contribution in [3.05, 3.63) is 255 Å². The molecule has 0 aliphatic heterocycles. The third-order valence-electron chi connectivity index (χ3n) is 13.1. The molecule has 0 bridgehead atoms. The predicted molar refractivity (Wildman–Crippen MR) is 270 cm³/mol. The van der Waals surface area contributed by atoms with Crippen LogP contribution in [0.25, 0.3) is 77.2 Å². The molecule has 2 aromatic heterocycles. The quantitative estimate of drug-likeness (QED) is 0.107. The molecule has 0 saturated carbocycles. The van der Waals surface area contributed by atoms with E-state index in [0.29, 0.717) is 0 Å². The lowest BCUT2D eigenvalue weighted by Crippen LogP contribution is -2.74. The van der Waals surface area contributed by atoms with Gasteiger partial charge < -0.3 is 9.13 Å². The number of nitrogens with zero attached hydrogens (tertiary/aromatic N) is 2. The third kappa shape index (κ3) is 6.00. The highest BCUT2D eigenvalue weighted by Crippen LogP contribution is 2.39. The summed E-state index contributed by atoms with van der Waals surface area (Å²) in [6.07, 6.45) is 0. The van der Waals surface area contributed by atoms with Gasteiger partial charge in [-0.15, -0.1) is 0 Å². The van der Waals surface area contributed by atoms with Gasteiger partial charge in [-0.05, 0) is 91.5 Å². The maximum atomic E-state index is 2.52. The standard InChI is InChI=1S/C60H42N2Si/c1-6-18-43(19-7-1)45-30-33-47(34-31-45)61-58-39-32-46(44-20-8-2-9-21-44)40-56(58)55-37-35-48(41-59(55)61)62-57-29-17-16-28-53(57)54-38-36-52(42-60(54)62)63(49-22-10-3-11-23-49,50-24-12-4-13-25-50)51-26-14-5-15-27-51/h1-42H. The molecule has 10 aromatic carbocycles. The van der Waals surface area contributed by atoms with Crippen LogP contribution >= 0.6 is 0 Å². The van der Waals surface area contributed by atoms with Crippen molar-refractivity contribution in [2.75, 3.05) is 0 Å². The van der Waals surface area contributed by atoms with Gasteiger partial charge in [0.1, 0.15) is 0 Å². The molecule has 2 heterocycles. The fraction of sp³-hybridized carbons (Fsp3) is 0. The lowest BCUT2D eigenvalue weighted by atomic mass is 10.0. The first-order valence-corrected chi connectivity index (χ1v) is 23.8. The smallest absolute Gasteiger partial charge is 0.179 e. The van der Waals surface area contributed by atoms with Gasteiger partial charge in [0.2, 0.25) is 0 Å². The van der Waals surface area contributed by atoms with E-state index in [1.165, 1.54) is 86.6 Å². The monoisotopic (exact) mass is 818 g/mol. The van der Waals surface area contributed by atoms with Crippen molar-refractivity contribution in [1.29, 1.82) is 0 Å². The molecule has 0 atom stereocenters. The summed E-state index contributed by atoms with van der Waals surface area (Å²) < 4.78 is 4.96. The summed E-state index contributed by atoms with van der Waals surface area (Å²) in [4.78, 5) is 0. The van der Waals surface area contributed by atoms with Crippen molar-refractivity contribution in [3.63, 3.8) is 0 Å². The average Bonchev–Trinajstić information content (AvgIpc) is 3.87. The van der Waals surface area contributed by atoms with E-state index in [1.54, 1.807) is 0 Å². The lowest BCUT2D eigenvalue weighted by Gasteiger charge is -2.34. The SMILES string of the molecule is c1ccc(-c2ccc(-n3c4ccc(-c5ccccc5)cc4c4ccc(-n5c6ccccc6c6ccc([Si](c7ccccc7)(c7ccccc7)c7ccccc7)cc65)cc43)cc2)cc1. The first-order chi connectivity index (χ1) is 31.3. The molecule has 0 amide bonds. The van der Waals surface area contributed by atoms with E-state index in [9.17, 15) is 0 Å². The van der Waals surface area contributed by atoms with E-state index >= 15 is 0 Å². The van der Waals surface area contributed by atoms with Gasteiger partial charge in [-0.25, -0.2) is 0 Å². The van der Waals surface area contributed by atoms with Crippen LogP contribution in [0.1, 0.15) is 0 Å². The molecule has 0 fully saturated rings. The number of para-hydroxylation sites is 1. The van der Waals surface area contributed by atoms with Crippen LogP contribution in [0.4, 0.5) is 0 Å². The summed E-state index contributed by atoms with van der Waals surface area (Å²) in [7, 11) is -2.79. The Bertz CT molecular complexity index is 3480. The molecule has 0 saturated heterocycles. The molecule has 0 spiro atoms. The molecular weight excluding hydrogens is 777 g/mol. The summed E-state index contributed by atoms with van der Waals surface area (Å²) in [6.45, 7) is 0. The second-order valence-corrected chi connectivity index (χ2v) is 20.3. The summed E-state index contributed by atoms with van der Waals surface area (Å²) in [5.74, 6) is 0. The Hall–Kier alpha value is -7.98. The van der Waals surface area contributed by atoms with Gasteiger partial charge in [-0.3, -0.25) is 0 Å². The van der Waals surface area contributed by atoms with Crippen LogP contribution in [0.15, 0.2) is 255 Å². The van der Waals surface area contributed by atoms with Crippen LogP contribution < -0.4 is 20.7 Å². The van der Waals surface area contributed by atoms with Gasteiger partial charge >= 0.3 is 0 Å². The molecule has 296 valence electrons. The normalized spacial score (nSPS) is 11.8. The van der Waals surface area contributed by atoms with Crippen LogP contribution in [0, 0.1) is 0 Å². The molecule has 0 N–H and O–H groups in total. The Morgan fingerprint density at radius 1 is 0.222 bits per heavy atom. The Morgan fingerprint density at radius 3 is 1.25 bits per heavy atom. The number of hydrogen-bond acceptors (Lipinski definition) is 0. The van der Waals surface area contributed by atoms with Crippen molar-refractivity contribution < 1.29 is 0 Å². The third-order valence-corrected chi connectivity index (χ3v) is 17.9. The summed E-state index contributed by atoms with van der Waals surface area (Å²) in [5.41, 5.74) is 11.9. The van der Waals surface area contributed by atoms with E-state index < -0.39 is 8.07 Å². The molecule has 3 heteroatoms. The maximum Gasteiger partial charge on any atom is 0.179 e. The molecule has 12 aromatic rings. The van der Waals surface area contributed by atoms with Gasteiger partial charge in [0.25, 0.3) is 0 Å². The van der Waals surface area contributed by atoms with Crippen molar-refractivity contribution in [2.45, 2.75) is 0 Å². The minimum atomic E-state index is -2.79. The van der Waals surface area contributed by atoms with Gasteiger partial charge in [0.15, 0.2) is 8.07 Å². The number of benzene rings is 10. The highest BCUT2D eigenvalue weighted by Gasteiger charge is 2.41. The van der Waals surface area contributed by atoms with Crippen LogP contribution in [-0.2, 0) is 0 Å². The highest BCUT2D eigenvalue weighted by atomic mass is 28.3. The molecular formula is C60H42N2Si. The van der Waals surface area contributed by atoms with Crippen LogP contribution in [0.3, 0.4) is 0 Å². The van der Waals surface area contributed by atoms with Crippen molar-refractivity contribution in [2.24, 2.45) is 0 Å². The lowest BCUT2D eigenvalue weighted by molar-refractivity contribution is 1.15. The first kappa shape index (κ1) is 36.8. The van der Waals surface area contributed by atoms with Gasteiger partial charge in [0, 0.05) is 32.9 Å². The second-order valence-electron chi connectivity index (χ2n) is 16.5. The topological polar surface area (TPSA) is 9.86 Å². The molecule has 0 radical (unpaired) electrons. The number of rotatable bonds is 8. The average molecular weight is 819 g/mol. The molecule has 12 rings (SSSR count). The maximum absolute atomic E-state index is 2.79. The zero-order chi connectivity index (χ0) is 41.7. The van der Waals surface area contributed by atoms with Crippen molar-refractivity contribution in [1.82, 2.24) is 9.13 Å². The molecule has 63 heavy (non-hydrogen) atoms. The Balaban J connectivity index is 1.12. The minimum absolute atomic E-state index is 1.13. The zero-order valence-corrected chi connectivity index (χ0v) is 35.6. The Kier molecular flexibility index (Phi) is 8.87. The molecule has 0 aliphatic carbocycles. The summed E-state index contributed by atoms with van der Waals surface area (Å²) in [5, 5.41) is 10.4. The van der Waals surface area contributed by atoms with Crippen molar-refractivity contribution in [3.8, 4) is 33.6 Å². The number of hydrogen-bond donors (Lipinski definition) is 0. The Labute approximate surface area is 368 Å². The number of aromatic nitrogens is 2. The summed E-state index contributed by atoms with van der Waals surface area (Å²) in [6, 6.07) is 94.3. The highest BCUT2D eigenvalue weighted by molar-refractivity contribution is 7.20. The van der Waals surface area contributed by atoms with Gasteiger partial charge in [0.05, 0.1) is 22.1 Å². The van der Waals surface area contributed by atoms with Crippen LogP contribution in [0.2, 0.25) is 0 Å². The van der Waals surface area contributed by atoms with Gasteiger partial charge in [-0.2, -0.15) is 0 Å². The van der Waals surface area contributed by atoms with Crippen LogP contribution in [0.5, 0.6) is 0 Å². The predicted octanol–water partition coefficient (Wildman–Crippen LogP) is 12.6. The fourth-order valence-electron chi connectivity index (χ4n) is 10.2. The summed E-state index contributed by atoms with van der Waals surface area (Å²) >= 11 is 0. The molecule has 0 unspecified atom stereocenters. The van der Waals surface area contributed by atoms with E-state index in [4.69, 9.17) is 0 Å².